The third-order valence-electron chi connectivity index (χ3n) is 1.97. The number of amides is 1. The number of hydrogen-bond donors (Lipinski definition) is 2. The Hall–Kier alpha value is -0.260. The minimum Gasteiger partial charge on any atom is -0.315 e. The molecule has 6 heteroatoms. The largest absolute Gasteiger partial charge is 0.315 e. The Morgan fingerprint density at radius 1 is 1.62 bits per heavy atom. The van der Waals surface area contributed by atoms with Gasteiger partial charge >= 0.3 is 0 Å². The van der Waals surface area contributed by atoms with Gasteiger partial charge in [0.15, 0.2) is 5.17 Å². The van der Waals surface area contributed by atoms with Crippen molar-refractivity contribution in [2.75, 3.05) is 25.4 Å². The van der Waals surface area contributed by atoms with E-state index in [-0.39, 0.29) is 24.2 Å². The molecule has 2 rings (SSSR count). The molecule has 0 aromatic rings. The second-order valence-electron chi connectivity index (χ2n) is 2.88. The smallest absolute Gasteiger partial charge is 0.231 e. The summed E-state index contributed by atoms with van der Waals surface area (Å²) in [6, 6.07) is 0. The molecule has 2 N–H and O–H groups in total. The average molecular weight is 222 g/mol. The second kappa shape index (κ2) is 4.83. The van der Waals surface area contributed by atoms with Gasteiger partial charge in [-0.2, -0.15) is 0 Å². The molecule has 2 heterocycles. The predicted octanol–water partition coefficient (Wildman–Crippen LogP) is -0.153. The van der Waals surface area contributed by atoms with Crippen LogP contribution in [0.1, 0.15) is 0 Å². The minimum absolute atomic E-state index is 0. The second-order valence-corrected chi connectivity index (χ2v) is 3.96. The number of halogens is 1. The number of hydrogen-bond acceptors (Lipinski definition) is 4. The number of thioether (sulfide) groups is 1. The summed E-state index contributed by atoms with van der Waals surface area (Å²) in [5.74, 6) is 1.27. The van der Waals surface area contributed by atoms with E-state index in [1.165, 1.54) is 0 Å². The number of carbonyl (C=O) groups is 1. The fourth-order valence-electron chi connectivity index (χ4n) is 1.09. The van der Waals surface area contributed by atoms with Crippen LogP contribution in [0.2, 0.25) is 0 Å². The van der Waals surface area contributed by atoms with Crippen molar-refractivity contribution in [2.24, 2.45) is 10.9 Å². The van der Waals surface area contributed by atoms with Gasteiger partial charge in [-0.15, -0.1) is 12.4 Å². The van der Waals surface area contributed by atoms with Gasteiger partial charge in [0.2, 0.25) is 5.91 Å². The van der Waals surface area contributed by atoms with E-state index in [1.54, 1.807) is 11.8 Å². The van der Waals surface area contributed by atoms with Crippen molar-refractivity contribution in [1.82, 2.24) is 10.6 Å². The molecule has 1 fully saturated rings. The van der Waals surface area contributed by atoms with Crippen LogP contribution in [0.15, 0.2) is 4.99 Å². The molecular weight excluding hydrogens is 210 g/mol. The quantitative estimate of drug-likeness (QED) is 0.648. The Kier molecular flexibility index (Phi) is 4.02. The molecular formula is C7H12ClN3OS. The van der Waals surface area contributed by atoms with Gasteiger partial charge in [0.1, 0.15) is 0 Å². The van der Waals surface area contributed by atoms with Crippen LogP contribution in [-0.4, -0.2) is 36.5 Å². The Bertz CT molecular complexity index is 230. The molecule has 74 valence electrons. The number of aliphatic imine (C=N–C) groups is 1. The van der Waals surface area contributed by atoms with Crippen LogP contribution in [0.5, 0.6) is 0 Å². The van der Waals surface area contributed by atoms with E-state index in [1.807, 2.05) is 0 Å². The van der Waals surface area contributed by atoms with Gasteiger partial charge in [-0.1, -0.05) is 11.8 Å². The topological polar surface area (TPSA) is 53.5 Å². The maximum atomic E-state index is 11.3. The van der Waals surface area contributed by atoms with E-state index in [0.29, 0.717) is 0 Å². The fraction of sp³-hybridized carbons (Fsp3) is 0.714. The Labute approximate surface area is 87.4 Å². The standard InChI is InChI=1S/C7H11N3OS.ClH/c11-6(5-3-8-4-5)10-7-9-1-2-12-7;/h5,8H,1-4H2,(H,9,10,11);1H. The molecule has 13 heavy (non-hydrogen) atoms. The van der Waals surface area contributed by atoms with Crippen LogP contribution in [0.4, 0.5) is 0 Å². The van der Waals surface area contributed by atoms with Crippen molar-refractivity contribution in [3.8, 4) is 0 Å². The molecule has 1 saturated heterocycles. The van der Waals surface area contributed by atoms with E-state index in [9.17, 15) is 4.79 Å². The molecule has 0 aromatic carbocycles. The first kappa shape index (κ1) is 10.8. The third-order valence-corrected chi connectivity index (χ3v) is 2.86. The van der Waals surface area contributed by atoms with Crippen molar-refractivity contribution in [3.05, 3.63) is 0 Å². The third kappa shape index (κ3) is 2.59. The molecule has 1 amide bonds. The van der Waals surface area contributed by atoms with Crippen LogP contribution in [0.3, 0.4) is 0 Å². The number of nitrogens with one attached hydrogen (secondary N) is 2. The van der Waals surface area contributed by atoms with Crippen molar-refractivity contribution in [3.63, 3.8) is 0 Å². The zero-order chi connectivity index (χ0) is 8.39. The zero-order valence-corrected chi connectivity index (χ0v) is 8.71. The van der Waals surface area contributed by atoms with Gasteiger partial charge in [-0.25, -0.2) is 0 Å². The van der Waals surface area contributed by atoms with Crippen LogP contribution in [-0.2, 0) is 4.79 Å². The molecule has 0 unspecified atom stereocenters. The van der Waals surface area contributed by atoms with Gasteiger partial charge in [0.25, 0.3) is 0 Å². The highest BCUT2D eigenvalue weighted by Crippen LogP contribution is 2.10. The molecule has 0 radical (unpaired) electrons. The van der Waals surface area contributed by atoms with Crippen LogP contribution < -0.4 is 10.6 Å². The fourth-order valence-corrected chi connectivity index (χ4v) is 1.82. The molecule has 0 bridgehead atoms. The van der Waals surface area contributed by atoms with E-state index < -0.39 is 0 Å². The van der Waals surface area contributed by atoms with Crippen molar-refractivity contribution >= 4 is 35.2 Å². The lowest BCUT2D eigenvalue weighted by Crippen LogP contribution is -2.51. The van der Waals surface area contributed by atoms with E-state index in [2.05, 4.69) is 15.6 Å². The van der Waals surface area contributed by atoms with Crippen LogP contribution in [0.25, 0.3) is 0 Å². The SMILES string of the molecule is Cl.O=C(NC1=NCCS1)C1CNC1. The van der Waals surface area contributed by atoms with Gasteiger partial charge in [-0.05, 0) is 0 Å². The average Bonchev–Trinajstić information content (AvgIpc) is 2.34. The van der Waals surface area contributed by atoms with Crippen LogP contribution >= 0.6 is 24.2 Å². The van der Waals surface area contributed by atoms with E-state index >= 15 is 0 Å². The predicted molar refractivity (Wildman–Crippen MR) is 56.5 cm³/mol. The van der Waals surface area contributed by atoms with Crippen molar-refractivity contribution in [1.29, 1.82) is 0 Å². The summed E-state index contributed by atoms with van der Waals surface area (Å²) in [6.07, 6.45) is 0. The Morgan fingerprint density at radius 3 is 2.85 bits per heavy atom. The zero-order valence-electron chi connectivity index (χ0n) is 7.08. The maximum Gasteiger partial charge on any atom is 0.231 e. The number of carbonyl (C=O) groups excluding carboxylic acids is 1. The monoisotopic (exact) mass is 221 g/mol. The molecule has 4 nitrogen and oxygen atoms in total. The molecule has 0 saturated carbocycles. The summed E-state index contributed by atoms with van der Waals surface area (Å²) in [6.45, 7) is 2.46. The summed E-state index contributed by atoms with van der Waals surface area (Å²) in [5, 5.41) is 6.67. The van der Waals surface area contributed by atoms with Gasteiger partial charge < -0.3 is 10.6 Å². The van der Waals surface area contributed by atoms with Gasteiger partial charge in [0, 0.05) is 18.8 Å². The first-order valence-corrected chi connectivity index (χ1v) is 5.03. The highest BCUT2D eigenvalue weighted by atomic mass is 35.5. The Morgan fingerprint density at radius 2 is 2.38 bits per heavy atom. The lowest BCUT2D eigenvalue weighted by atomic mass is 10.0. The van der Waals surface area contributed by atoms with E-state index in [4.69, 9.17) is 0 Å². The molecule has 0 aromatic heterocycles. The summed E-state index contributed by atoms with van der Waals surface area (Å²) < 4.78 is 0. The highest BCUT2D eigenvalue weighted by molar-refractivity contribution is 8.14. The summed E-state index contributed by atoms with van der Waals surface area (Å²) in [5.41, 5.74) is 0. The highest BCUT2D eigenvalue weighted by Gasteiger charge is 2.26. The molecule has 0 atom stereocenters. The lowest BCUT2D eigenvalue weighted by molar-refractivity contribution is -0.124. The molecule has 0 aliphatic carbocycles. The molecule has 2 aliphatic heterocycles. The summed E-state index contributed by atoms with van der Waals surface area (Å²) in [4.78, 5) is 15.5. The normalized spacial score (nSPS) is 21.4. The summed E-state index contributed by atoms with van der Waals surface area (Å²) in [7, 11) is 0. The van der Waals surface area contributed by atoms with Crippen molar-refractivity contribution in [2.45, 2.75) is 0 Å². The van der Waals surface area contributed by atoms with Gasteiger partial charge in [-0.3, -0.25) is 9.79 Å². The van der Waals surface area contributed by atoms with E-state index in [0.717, 1.165) is 30.6 Å². The van der Waals surface area contributed by atoms with Crippen LogP contribution in [0, 0.1) is 5.92 Å². The number of rotatable bonds is 1. The minimum atomic E-state index is 0. The first-order chi connectivity index (χ1) is 5.86. The Balaban J connectivity index is 0.000000845. The van der Waals surface area contributed by atoms with Crippen molar-refractivity contribution < 1.29 is 4.79 Å². The molecule has 0 spiro atoms. The maximum absolute atomic E-state index is 11.3. The first-order valence-electron chi connectivity index (χ1n) is 4.05. The number of nitrogens with zero attached hydrogens (tertiary/aromatic N) is 1. The lowest BCUT2D eigenvalue weighted by Gasteiger charge is -2.25. The number of amidine groups is 1. The summed E-state index contributed by atoms with van der Waals surface area (Å²) >= 11 is 1.62. The molecule has 2 aliphatic rings. The van der Waals surface area contributed by atoms with Gasteiger partial charge in [0.05, 0.1) is 12.5 Å².